The molecule has 19 heavy (non-hydrogen) atoms. The minimum Gasteiger partial charge on any atom is -0.207 e. The number of halogens is 2. The number of aryl methyl sites for hydroxylation is 1. The van der Waals surface area contributed by atoms with Gasteiger partial charge in [0.15, 0.2) is 0 Å². The van der Waals surface area contributed by atoms with Crippen LogP contribution in [0.3, 0.4) is 0 Å². The minimum atomic E-state index is -0.333. The Morgan fingerprint density at radius 2 is 1.58 bits per heavy atom. The second kappa shape index (κ2) is 6.00. The molecule has 0 saturated carbocycles. The lowest BCUT2D eigenvalue weighted by Gasteiger charge is -1.96. The molecule has 0 amide bonds. The van der Waals surface area contributed by atoms with Crippen molar-refractivity contribution in [2.24, 2.45) is 10.2 Å². The van der Waals surface area contributed by atoms with Gasteiger partial charge in [-0.1, -0.05) is 24.3 Å². The normalized spacial score (nSPS) is 11.5. The van der Waals surface area contributed by atoms with Crippen molar-refractivity contribution in [3.63, 3.8) is 0 Å². The van der Waals surface area contributed by atoms with Crippen LogP contribution in [-0.2, 0) is 0 Å². The van der Waals surface area contributed by atoms with Crippen LogP contribution in [-0.4, -0.2) is 12.4 Å². The first-order valence-corrected chi connectivity index (χ1v) is 5.73. The molecule has 2 nitrogen and oxygen atoms in total. The highest BCUT2D eigenvalue weighted by Gasteiger charge is 1.98. The molecule has 0 aliphatic rings. The van der Waals surface area contributed by atoms with Gasteiger partial charge in [0.05, 0.1) is 12.4 Å². The highest BCUT2D eigenvalue weighted by Crippen LogP contribution is 2.07. The third-order valence-electron chi connectivity index (χ3n) is 2.50. The summed E-state index contributed by atoms with van der Waals surface area (Å²) < 4.78 is 26.1. The van der Waals surface area contributed by atoms with Crippen molar-refractivity contribution < 1.29 is 8.78 Å². The second-order valence-corrected chi connectivity index (χ2v) is 4.07. The van der Waals surface area contributed by atoms with E-state index in [-0.39, 0.29) is 11.6 Å². The molecular formula is C15H12F2N2. The molecule has 0 N–H and O–H groups in total. The first-order chi connectivity index (χ1) is 9.15. The first kappa shape index (κ1) is 13.1. The van der Waals surface area contributed by atoms with Crippen LogP contribution in [0.25, 0.3) is 0 Å². The number of benzene rings is 2. The molecule has 0 spiro atoms. The number of hydrogen-bond donors (Lipinski definition) is 0. The topological polar surface area (TPSA) is 24.7 Å². The van der Waals surface area contributed by atoms with Crippen LogP contribution >= 0.6 is 0 Å². The Morgan fingerprint density at radius 1 is 0.895 bits per heavy atom. The van der Waals surface area contributed by atoms with E-state index in [0.29, 0.717) is 5.56 Å². The zero-order valence-electron chi connectivity index (χ0n) is 10.3. The van der Waals surface area contributed by atoms with Gasteiger partial charge < -0.3 is 0 Å². The van der Waals surface area contributed by atoms with Crippen LogP contribution in [0.1, 0.15) is 16.7 Å². The Hall–Kier alpha value is -2.36. The molecule has 4 heteroatoms. The van der Waals surface area contributed by atoms with E-state index in [1.807, 2.05) is 6.92 Å². The van der Waals surface area contributed by atoms with Gasteiger partial charge in [-0.3, -0.25) is 0 Å². The fourth-order valence-electron chi connectivity index (χ4n) is 1.48. The molecule has 0 radical (unpaired) electrons. The molecule has 0 aromatic heterocycles. The van der Waals surface area contributed by atoms with E-state index in [1.165, 1.54) is 30.6 Å². The largest absolute Gasteiger partial charge is 0.207 e. The molecule has 0 atom stereocenters. The molecule has 2 rings (SSSR count). The van der Waals surface area contributed by atoms with Gasteiger partial charge in [-0.05, 0) is 36.2 Å². The molecule has 2 aromatic rings. The van der Waals surface area contributed by atoms with Crippen molar-refractivity contribution in [3.05, 3.63) is 70.8 Å². The zero-order valence-corrected chi connectivity index (χ0v) is 10.3. The van der Waals surface area contributed by atoms with E-state index in [4.69, 9.17) is 0 Å². The summed E-state index contributed by atoms with van der Waals surface area (Å²) in [5, 5.41) is 7.55. The van der Waals surface area contributed by atoms with Crippen molar-refractivity contribution in [1.82, 2.24) is 0 Å². The number of nitrogens with zero attached hydrogens (tertiary/aromatic N) is 2. The average molecular weight is 258 g/mol. The Labute approximate surface area is 110 Å². The van der Waals surface area contributed by atoms with E-state index < -0.39 is 0 Å². The van der Waals surface area contributed by atoms with Crippen molar-refractivity contribution in [2.45, 2.75) is 6.92 Å². The summed E-state index contributed by atoms with van der Waals surface area (Å²) in [5.41, 5.74) is 1.95. The molecule has 2 aromatic carbocycles. The molecule has 0 heterocycles. The van der Waals surface area contributed by atoms with Crippen molar-refractivity contribution >= 4 is 12.4 Å². The van der Waals surface area contributed by atoms with Crippen LogP contribution in [0.4, 0.5) is 8.78 Å². The Morgan fingerprint density at radius 3 is 2.26 bits per heavy atom. The maximum absolute atomic E-state index is 13.5. The lowest BCUT2D eigenvalue weighted by Crippen LogP contribution is -1.88. The van der Waals surface area contributed by atoms with Crippen LogP contribution < -0.4 is 0 Å². The molecule has 0 saturated heterocycles. The van der Waals surface area contributed by atoms with Gasteiger partial charge in [0.1, 0.15) is 11.6 Å². The van der Waals surface area contributed by atoms with Crippen molar-refractivity contribution in [2.75, 3.05) is 0 Å². The maximum Gasteiger partial charge on any atom is 0.132 e. The first-order valence-electron chi connectivity index (χ1n) is 5.73. The highest BCUT2D eigenvalue weighted by molar-refractivity contribution is 5.82. The van der Waals surface area contributed by atoms with Gasteiger partial charge in [-0.25, -0.2) is 8.78 Å². The van der Waals surface area contributed by atoms with Gasteiger partial charge in [0.2, 0.25) is 0 Å². The third kappa shape index (κ3) is 3.81. The van der Waals surface area contributed by atoms with Gasteiger partial charge in [-0.15, -0.1) is 0 Å². The van der Waals surface area contributed by atoms with Crippen LogP contribution in [0, 0.1) is 18.6 Å². The summed E-state index contributed by atoms with van der Waals surface area (Å²) in [6, 6.07) is 10.7. The SMILES string of the molecule is Cc1ccc(C=NN=Cc2ccc(F)cc2)c(F)c1. The average Bonchev–Trinajstić information content (AvgIpc) is 2.39. The predicted octanol–water partition coefficient (Wildman–Crippen LogP) is 3.73. The quantitative estimate of drug-likeness (QED) is 0.592. The smallest absolute Gasteiger partial charge is 0.132 e. The van der Waals surface area contributed by atoms with Crippen LogP contribution in [0.2, 0.25) is 0 Å². The lowest BCUT2D eigenvalue weighted by atomic mass is 10.1. The fourth-order valence-corrected chi connectivity index (χ4v) is 1.48. The Bertz CT molecular complexity index is 617. The summed E-state index contributed by atoms with van der Waals surface area (Å²) in [6.07, 6.45) is 2.82. The highest BCUT2D eigenvalue weighted by atomic mass is 19.1. The van der Waals surface area contributed by atoms with Crippen molar-refractivity contribution in [3.8, 4) is 0 Å². The monoisotopic (exact) mass is 258 g/mol. The molecular weight excluding hydrogens is 246 g/mol. The standard InChI is InChI=1S/C15H12F2N2/c1-11-2-5-13(15(17)8-11)10-19-18-9-12-3-6-14(16)7-4-12/h2-10H,1H3. The zero-order chi connectivity index (χ0) is 13.7. The molecule has 0 unspecified atom stereocenters. The molecule has 96 valence electrons. The molecule has 0 aliphatic heterocycles. The van der Waals surface area contributed by atoms with E-state index in [0.717, 1.165) is 11.1 Å². The van der Waals surface area contributed by atoms with E-state index >= 15 is 0 Å². The maximum atomic E-state index is 13.5. The second-order valence-electron chi connectivity index (χ2n) is 4.07. The van der Waals surface area contributed by atoms with E-state index in [9.17, 15) is 8.78 Å². The Balaban J connectivity index is 2.05. The summed E-state index contributed by atoms with van der Waals surface area (Å²) in [4.78, 5) is 0. The summed E-state index contributed by atoms with van der Waals surface area (Å²) in [5.74, 6) is -0.636. The number of hydrogen-bond acceptors (Lipinski definition) is 2. The molecule has 0 fully saturated rings. The fraction of sp³-hybridized carbons (Fsp3) is 0.0667. The van der Waals surface area contributed by atoms with Gasteiger partial charge in [0, 0.05) is 5.56 Å². The van der Waals surface area contributed by atoms with Crippen LogP contribution in [0.15, 0.2) is 52.7 Å². The van der Waals surface area contributed by atoms with Gasteiger partial charge >= 0.3 is 0 Å². The van der Waals surface area contributed by atoms with E-state index in [2.05, 4.69) is 10.2 Å². The summed E-state index contributed by atoms with van der Waals surface area (Å²) >= 11 is 0. The van der Waals surface area contributed by atoms with E-state index in [1.54, 1.807) is 24.3 Å². The lowest BCUT2D eigenvalue weighted by molar-refractivity contribution is 0.624. The molecule has 0 bridgehead atoms. The van der Waals surface area contributed by atoms with Crippen LogP contribution in [0.5, 0.6) is 0 Å². The van der Waals surface area contributed by atoms with Gasteiger partial charge in [-0.2, -0.15) is 10.2 Å². The summed E-state index contributed by atoms with van der Waals surface area (Å²) in [7, 11) is 0. The molecule has 0 aliphatic carbocycles. The Kier molecular flexibility index (Phi) is 4.13. The van der Waals surface area contributed by atoms with Crippen molar-refractivity contribution in [1.29, 1.82) is 0 Å². The minimum absolute atomic E-state index is 0.303. The summed E-state index contributed by atoms with van der Waals surface area (Å²) in [6.45, 7) is 1.82. The number of rotatable bonds is 3. The third-order valence-corrected chi connectivity index (χ3v) is 2.50. The van der Waals surface area contributed by atoms with Gasteiger partial charge in [0.25, 0.3) is 0 Å². The predicted molar refractivity (Wildman–Crippen MR) is 72.7 cm³/mol.